The van der Waals surface area contributed by atoms with Crippen LogP contribution in [0.2, 0.25) is 0 Å². The molecule has 8 heteroatoms. The summed E-state index contributed by atoms with van der Waals surface area (Å²) in [5.74, 6) is -1.16. The molecule has 0 radical (unpaired) electrons. The Hall–Kier alpha value is -1.24. The Morgan fingerprint density at radius 3 is 2.68 bits per heavy atom. The largest absolute Gasteiger partial charge is 0.480 e. The van der Waals surface area contributed by atoms with Crippen LogP contribution in [0.15, 0.2) is 27.0 Å². The van der Waals surface area contributed by atoms with Crippen molar-refractivity contribution < 1.29 is 14.6 Å². The fourth-order valence-electron chi connectivity index (χ4n) is 1.86. The lowest BCUT2D eigenvalue weighted by atomic mass is 10.0. The molecule has 1 aliphatic carbocycles. The van der Waals surface area contributed by atoms with Gasteiger partial charge in [0.05, 0.1) is 28.1 Å². The Morgan fingerprint density at radius 2 is 2.09 bits per heavy atom. The van der Waals surface area contributed by atoms with Crippen LogP contribution in [0.3, 0.4) is 0 Å². The summed E-state index contributed by atoms with van der Waals surface area (Å²) in [6, 6.07) is 0. The van der Waals surface area contributed by atoms with Gasteiger partial charge in [-0.25, -0.2) is 9.78 Å². The number of aromatic carboxylic acids is 1. The van der Waals surface area contributed by atoms with Crippen molar-refractivity contribution in [1.82, 2.24) is 9.97 Å². The molecule has 1 heterocycles. The fraction of sp³-hybridized carbons (Fsp3) is 0.357. The normalized spacial score (nSPS) is 21.1. The zero-order valence-corrected chi connectivity index (χ0v) is 14.5. The first kappa shape index (κ1) is 17.1. The molecular formula is C14H14Cl2N2O3S. The molecule has 0 fully saturated rings. The molecule has 1 N–H and O–H groups in total. The van der Waals surface area contributed by atoms with E-state index >= 15 is 0 Å². The Bertz CT molecular complexity index is 676. The van der Waals surface area contributed by atoms with Crippen LogP contribution < -0.4 is 4.74 Å². The summed E-state index contributed by atoms with van der Waals surface area (Å²) >= 11 is 13.7. The van der Waals surface area contributed by atoms with Gasteiger partial charge in [0, 0.05) is 4.91 Å². The highest BCUT2D eigenvalue weighted by Gasteiger charge is 2.23. The van der Waals surface area contributed by atoms with Gasteiger partial charge in [-0.15, -0.1) is 11.6 Å². The number of nitrogens with zero attached hydrogens (tertiary/aromatic N) is 2. The van der Waals surface area contributed by atoms with Gasteiger partial charge in [0.1, 0.15) is 0 Å². The van der Waals surface area contributed by atoms with Gasteiger partial charge < -0.3 is 9.84 Å². The Morgan fingerprint density at radius 1 is 1.41 bits per heavy atom. The topological polar surface area (TPSA) is 72.3 Å². The second kappa shape index (κ2) is 6.89. The molecule has 118 valence electrons. The summed E-state index contributed by atoms with van der Waals surface area (Å²) in [5.41, 5.74) is 0.514. The van der Waals surface area contributed by atoms with Crippen molar-refractivity contribution in [3.63, 3.8) is 0 Å². The molecule has 1 aromatic heterocycles. The van der Waals surface area contributed by atoms with Crippen molar-refractivity contribution in [2.75, 3.05) is 7.11 Å². The maximum Gasteiger partial charge on any atom is 0.374 e. The third kappa shape index (κ3) is 3.56. The van der Waals surface area contributed by atoms with Gasteiger partial charge in [0.15, 0.2) is 0 Å². The molecule has 0 aliphatic heterocycles. The number of allylic oxidation sites excluding steroid dienone is 3. The smallest absolute Gasteiger partial charge is 0.374 e. The van der Waals surface area contributed by atoms with E-state index in [9.17, 15) is 4.79 Å². The molecule has 0 aromatic carbocycles. The van der Waals surface area contributed by atoms with E-state index in [4.69, 9.17) is 33.0 Å². The maximum atomic E-state index is 11.0. The van der Waals surface area contributed by atoms with Crippen molar-refractivity contribution >= 4 is 40.9 Å². The van der Waals surface area contributed by atoms with Crippen LogP contribution in [0.5, 0.6) is 5.88 Å². The highest BCUT2D eigenvalue weighted by Crippen LogP contribution is 2.42. The van der Waals surface area contributed by atoms with Gasteiger partial charge in [-0.1, -0.05) is 36.4 Å². The minimum absolute atomic E-state index is 0.136. The first-order valence-corrected chi connectivity index (χ1v) is 8.04. The van der Waals surface area contributed by atoms with Crippen molar-refractivity contribution in [3.05, 3.63) is 33.6 Å². The van der Waals surface area contributed by atoms with Gasteiger partial charge in [-0.05, 0) is 18.9 Å². The molecule has 22 heavy (non-hydrogen) atoms. The SMILES string of the molecule is COc1nc(C(=O)O)nc(C)c1SC1=CC(C)C(Cl)C=C1Cl. The van der Waals surface area contributed by atoms with E-state index in [1.54, 1.807) is 13.0 Å². The zero-order valence-electron chi connectivity index (χ0n) is 12.1. The number of alkyl halides is 1. The first-order valence-electron chi connectivity index (χ1n) is 6.40. The Balaban J connectivity index is 2.40. The number of hydrogen-bond acceptors (Lipinski definition) is 5. The van der Waals surface area contributed by atoms with Crippen LogP contribution >= 0.6 is 35.0 Å². The van der Waals surface area contributed by atoms with E-state index in [0.29, 0.717) is 15.6 Å². The number of rotatable bonds is 4. The Labute approximate surface area is 142 Å². The van der Waals surface area contributed by atoms with Crippen LogP contribution in [0.4, 0.5) is 0 Å². The lowest BCUT2D eigenvalue weighted by Crippen LogP contribution is -2.11. The highest BCUT2D eigenvalue weighted by molar-refractivity contribution is 8.03. The molecule has 1 aromatic rings. The van der Waals surface area contributed by atoms with Crippen LogP contribution in [0, 0.1) is 12.8 Å². The van der Waals surface area contributed by atoms with E-state index < -0.39 is 5.97 Å². The summed E-state index contributed by atoms with van der Waals surface area (Å²) in [6.07, 6.45) is 3.75. The predicted octanol–water partition coefficient (Wildman–Crippen LogP) is 3.85. The Kier molecular flexibility index (Phi) is 5.36. The molecule has 0 saturated carbocycles. The second-order valence-corrected chi connectivity index (χ2v) is 6.69. The number of ether oxygens (including phenoxy) is 1. The van der Waals surface area contributed by atoms with Crippen molar-refractivity contribution in [2.24, 2.45) is 5.92 Å². The average molecular weight is 361 g/mol. The third-order valence-electron chi connectivity index (χ3n) is 3.06. The van der Waals surface area contributed by atoms with Gasteiger partial charge in [0.25, 0.3) is 0 Å². The summed E-state index contributed by atoms with van der Waals surface area (Å²) < 4.78 is 5.19. The third-order valence-corrected chi connectivity index (χ3v) is 5.27. The minimum atomic E-state index is -1.20. The van der Waals surface area contributed by atoms with Gasteiger partial charge >= 0.3 is 5.97 Å². The predicted molar refractivity (Wildman–Crippen MR) is 87.0 cm³/mol. The number of methoxy groups -OCH3 is 1. The van der Waals surface area contributed by atoms with E-state index in [0.717, 1.165) is 4.91 Å². The number of aromatic nitrogens is 2. The quantitative estimate of drug-likeness (QED) is 0.822. The summed E-state index contributed by atoms with van der Waals surface area (Å²) in [5, 5.41) is 9.40. The number of carboxylic acid groups (broad SMARTS) is 1. The number of hydrogen-bond donors (Lipinski definition) is 1. The van der Waals surface area contributed by atoms with Crippen molar-refractivity contribution in [2.45, 2.75) is 24.1 Å². The van der Waals surface area contributed by atoms with E-state index in [1.165, 1.54) is 18.9 Å². The van der Waals surface area contributed by atoms with Crippen LogP contribution in [-0.2, 0) is 0 Å². The lowest BCUT2D eigenvalue weighted by molar-refractivity contribution is 0.0681. The van der Waals surface area contributed by atoms with Crippen LogP contribution in [0.25, 0.3) is 0 Å². The number of halogens is 2. The number of carboxylic acids is 1. The summed E-state index contributed by atoms with van der Waals surface area (Å²) in [7, 11) is 1.43. The molecule has 2 unspecified atom stereocenters. The summed E-state index contributed by atoms with van der Waals surface area (Å²) in [6.45, 7) is 3.69. The lowest BCUT2D eigenvalue weighted by Gasteiger charge is -2.20. The molecule has 0 bridgehead atoms. The zero-order chi connectivity index (χ0) is 16.4. The second-order valence-electron chi connectivity index (χ2n) is 4.73. The van der Waals surface area contributed by atoms with E-state index in [2.05, 4.69) is 9.97 Å². The molecule has 0 amide bonds. The molecule has 2 atom stereocenters. The van der Waals surface area contributed by atoms with Crippen LogP contribution in [0.1, 0.15) is 23.2 Å². The maximum absolute atomic E-state index is 11.0. The summed E-state index contributed by atoms with van der Waals surface area (Å²) in [4.78, 5) is 20.3. The molecule has 0 spiro atoms. The highest BCUT2D eigenvalue weighted by atomic mass is 35.5. The van der Waals surface area contributed by atoms with E-state index in [1.807, 2.05) is 13.0 Å². The molecular weight excluding hydrogens is 347 g/mol. The monoisotopic (exact) mass is 360 g/mol. The van der Waals surface area contributed by atoms with Gasteiger partial charge in [-0.2, -0.15) is 4.98 Å². The number of aryl methyl sites for hydroxylation is 1. The standard InChI is InChI=1S/C14H14Cl2N2O3S/c1-6-4-10(9(16)5-8(6)15)22-11-7(2)17-12(14(19)20)18-13(11)21-3/h4-6,8H,1-3H3,(H,19,20). The van der Waals surface area contributed by atoms with Crippen LogP contribution in [-0.4, -0.2) is 33.5 Å². The van der Waals surface area contributed by atoms with Gasteiger partial charge in [0.2, 0.25) is 11.7 Å². The number of carbonyl (C=O) groups is 1. The molecule has 1 aliphatic rings. The van der Waals surface area contributed by atoms with E-state index in [-0.39, 0.29) is 23.0 Å². The molecule has 5 nitrogen and oxygen atoms in total. The molecule has 2 rings (SSSR count). The van der Waals surface area contributed by atoms with Gasteiger partial charge in [-0.3, -0.25) is 0 Å². The minimum Gasteiger partial charge on any atom is -0.480 e. The fourth-order valence-corrected chi connectivity index (χ4v) is 3.52. The average Bonchev–Trinajstić information content (AvgIpc) is 2.45. The van der Waals surface area contributed by atoms with Crippen molar-refractivity contribution in [3.8, 4) is 5.88 Å². The van der Waals surface area contributed by atoms with Crippen molar-refractivity contribution in [1.29, 1.82) is 0 Å². The molecule has 0 saturated heterocycles. The number of thioether (sulfide) groups is 1. The first-order chi connectivity index (χ1) is 10.3.